The summed E-state index contributed by atoms with van der Waals surface area (Å²) in [6, 6.07) is 0. The fourth-order valence-corrected chi connectivity index (χ4v) is 0.116. The summed E-state index contributed by atoms with van der Waals surface area (Å²) in [5, 5.41) is 0. The van der Waals surface area contributed by atoms with Gasteiger partial charge in [-0.05, 0) is 5.92 Å². The van der Waals surface area contributed by atoms with Gasteiger partial charge in [0.05, 0.1) is 7.11 Å². The molecule has 0 saturated heterocycles. The van der Waals surface area contributed by atoms with Crippen molar-refractivity contribution >= 4 is 0 Å². The summed E-state index contributed by atoms with van der Waals surface area (Å²) in [6.45, 7) is 6.50. The SMILES string of the molecule is CC(C)C.CONC(F)(F)F. The Bertz CT molecular complexity index is 79.6. The summed E-state index contributed by atoms with van der Waals surface area (Å²) in [5.74, 6) is 0.833. The average Bonchev–Trinajstić information content (AvgIpc) is 1.58. The molecule has 0 fully saturated rings. The molecule has 0 aliphatic carbocycles. The molecule has 0 rings (SSSR count). The minimum atomic E-state index is -4.42. The lowest BCUT2D eigenvalue weighted by atomic mass is 10.3. The van der Waals surface area contributed by atoms with Gasteiger partial charge >= 0.3 is 6.30 Å². The van der Waals surface area contributed by atoms with Crippen molar-refractivity contribution in [3.8, 4) is 0 Å². The molecule has 0 heterocycles. The minimum absolute atomic E-state index is 0.785. The summed E-state index contributed by atoms with van der Waals surface area (Å²) >= 11 is 0. The van der Waals surface area contributed by atoms with Crippen LogP contribution in [0.25, 0.3) is 0 Å². The molecule has 0 amide bonds. The van der Waals surface area contributed by atoms with Gasteiger partial charge in [-0.15, -0.1) is 5.48 Å². The molecule has 0 aliphatic rings. The summed E-state index contributed by atoms with van der Waals surface area (Å²) < 4.78 is 32.5. The van der Waals surface area contributed by atoms with Crippen molar-refractivity contribution in [3.63, 3.8) is 0 Å². The van der Waals surface area contributed by atoms with E-state index in [1.54, 1.807) is 0 Å². The van der Waals surface area contributed by atoms with Gasteiger partial charge in [0.2, 0.25) is 0 Å². The predicted octanol–water partition coefficient (Wildman–Crippen LogP) is 2.32. The maximum atomic E-state index is 10.8. The standard InChI is InChI=1S/C4H10.C2H4F3NO/c1-4(2)3;1-7-6-2(3,4)5/h4H,1-3H3;6H,1H3. The lowest BCUT2D eigenvalue weighted by Crippen LogP contribution is -2.29. The highest BCUT2D eigenvalue weighted by Crippen LogP contribution is 2.07. The van der Waals surface area contributed by atoms with Crippen LogP contribution in [-0.2, 0) is 4.84 Å². The van der Waals surface area contributed by atoms with Crippen molar-refractivity contribution in [2.45, 2.75) is 27.1 Å². The van der Waals surface area contributed by atoms with Crippen LogP contribution in [0.5, 0.6) is 0 Å². The molecule has 70 valence electrons. The molecule has 0 spiro atoms. The van der Waals surface area contributed by atoms with Gasteiger partial charge < -0.3 is 0 Å². The van der Waals surface area contributed by atoms with E-state index in [0.29, 0.717) is 0 Å². The van der Waals surface area contributed by atoms with E-state index in [1.165, 1.54) is 0 Å². The number of hydroxylamine groups is 1. The van der Waals surface area contributed by atoms with E-state index in [4.69, 9.17) is 0 Å². The molecular weight excluding hydrogens is 159 g/mol. The van der Waals surface area contributed by atoms with Crippen LogP contribution in [0.4, 0.5) is 13.2 Å². The van der Waals surface area contributed by atoms with Crippen LogP contribution in [0.1, 0.15) is 20.8 Å². The third kappa shape index (κ3) is 41.9. The Morgan fingerprint density at radius 3 is 1.45 bits per heavy atom. The minimum Gasteiger partial charge on any atom is -0.297 e. The number of rotatable bonds is 1. The monoisotopic (exact) mass is 173 g/mol. The van der Waals surface area contributed by atoms with Gasteiger partial charge in [0.15, 0.2) is 0 Å². The van der Waals surface area contributed by atoms with Crippen LogP contribution in [0.15, 0.2) is 0 Å². The Hall–Kier alpha value is -0.290. The topological polar surface area (TPSA) is 21.3 Å². The van der Waals surface area contributed by atoms with Crippen molar-refractivity contribution in [1.29, 1.82) is 0 Å². The van der Waals surface area contributed by atoms with Crippen LogP contribution < -0.4 is 5.48 Å². The zero-order chi connectivity index (χ0) is 9.49. The second-order valence-electron chi connectivity index (χ2n) is 2.54. The molecule has 0 aromatic rings. The van der Waals surface area contributed by atoms with Gasteiger partial charge in [0.25, 0.3) is 0 Å². The third-order valence-corrected chi connectivity index (χ3v) is 0.218. The highest BCUT2D eigenvalue weighted by Gasteiger charge is 2.26. The fraction of sp³-hybridized carbons (Fsp3) is 1.00. The first-order valence-electron chi connectivity index (χ1n) is 3.16. The fourth-order valence-electron chi connectivity index (χ4n) is 0.116. The third-order valence-electron chi connectivity index (χ3n) is 0.218. The van der Waals surface area contributed by atoms with Crippen molar-refractivity contribution < 1.29 is 18.0 Å². The normalized spacial score (nSPS) is 10.9. The van der Waals surface area contributed by atoms with Gasteiger partial charge in [-0.2, -0.15) is 13.2 Å². The van der Waals surface area contributed by atoms with Crippen LogP contribution in [0.2, 0.25) is 0 Å². The van der Waals surface area contributed by atoms with E-state index < -0.39 is 6.30 Å². The van der Waals surface area contributed by atoms with Crippen LogP contribution in [0, 0.1) is 5.92 Å². The van der Waals surface area contributed by atoms with Gasteiger partial charge in [-0.3, -0.25) is 4.84 Å². The molecule has 11 heavy (non-hydrogen) atoms. The molecule has 5 heteroatoms. The van der Waals surface area contributed by atoms with Gasteiger partial charge in [-0.1, -0.05) is 20.8 Å². The number of hydrogen-bond donors (Lipinski definition) is 1. The van der Waals surface area contributed by atoms with Gasteiger partial charge in [-0.25, -0.2) is 0 Å². The van der Waals surface area contributed by atoms with E-state index in [1.807, 2.05) is 0 Å². The van der Waals surface area contributed by atoms with Crippen molar-refractivity contribution in [1.82, 2.24) is 5.48 Å². The van der Waals surface area contributed by atoms with Crippen molar-refractivity contribution in [2.24, 2.45) is 5.92 Å². The van der Waals surface area contributed by atoms with E-state index >= 15 is 0 Å². The summed E-state index contributed by atoms with van der Waals surface area (Å²) in [6.07, 6.45) is -4.42. The molecule has 2 nitrogen and oxygen atoms in total. The zero-order valence-corrected chi connectivity index (χ0v) is 7.12. The lowest BCUT2D eigenvalue weighted by Gasteiger charge is -2.02. The number of halogens is 3. The van der Waals surface area contributed by atoms with E-state index in [0.717, 1.165) is 18.5 Å². The van der Waals surface area contributed by atoms with Crippen LogP contribution in [0.3, 0.4) is 0 Å². The van der Waals surface area contributed by atoms with E-state index in [-0.39, 0.29) is 0 Å². The van der Waals surface area contributed by atoms with Crippen molar-refractivity contribution in [2.75, 3.05) is 7.11 Å². The number of hydrogen-bond acceptors (Lipinski definition) is 2. The van der Waals surface area contributed by atoms with E-state index in [9.17, 15) is 13.2 Å². The maximum Gasteiger partial charge on any atom is 0.480 e. The first-order valence-corrected chi connectivity index (χ1v) is 3.16. The van der Waals surface area contributed by atoms with Crippen LogP contribution >= 0.6 is 0 Å². The van der Waals surface area contributed by atoms with Gasteiger partial charge in [0, 0.05) is 0 Å². The quantitative estimate of drug-likeness (QED) is 0.485. The van der Waals surface area contributed by atoms with Gasteiger partial charge in [0.1, 0.15) is 0 Å². The molecule has 0 saturated carbocycles. The Balaban J connectivity index is 0. The Kier molecular flexibility index (Phi) is 7.77. The largest absolute Gasteiger partial charge is 0.480 e. The molecule has 0 aromatic carbocycles. The van der Waals surface area contributed by atoms with Crippen LogP contribution in [-0.4, -0.2) is 13.4 Å². The Labute approximate surface area is 64.7 Å². The second-order valence-corrected chi connectivity index (χ2v) is 2.54. The predicted molar refractivity (Wildman–Crippen MR) is 36.7 cm³/mol. The zero-order valence-electron chi connectivity index (χ0n) is 7.12. The average molecular weight is 173 g/mol. The second kappa shape index (κ2) is 6.42. The number of alkyl halides is 3. The van der Waals surface area contributed by atoms with E-state index in [2.05, 4.69) is 25.6 Å². The first-order chi connectivity index (χ1) is 4.79. The summed E-state index contributed by atoms with van der Waals surface area (Å²) in [7, 11) is 0.896. The highest BCUT2D eigenvalue weighted by atomic mass is 19.4. The molecule has 1 N–H and O–H groups in total. The molecular formula is C6H14F3NO. The maximum absolute atomic E-state index is 10.8. The molecule has 0 aromatic heterocycles. The summed E-state index contributed by atoms with van der Waals surface area (Å²) in [5.41, 5.74) is 0.785. The Morgan fingerprint density at radius 1 is 1.18 bits per heavy atom. The molecule has 0 atom stereocenters. The molecule has 0 unspecified atom stereocenters. The molecule has 0 radical (unpaired) electrons. The molecule has 0 aliphatic heterocycles. The van der Waals surface area contributed by atoms with Crippen molar-refractivity contribution in [3.05, 3.63) is 0 Å². The highest BCUT2D eigenvalue weighted by molar-refractivity contribution is 4.27. The first kappa shape index (κ1) is 13.3. The lowest BCUT2D eigenvalue weighted by molar-refractivity contribution is -0.230. The summed E-state index contributed by atoms with van der Waals surface area (Å²) in [4.78, 5) is 3.53. The smallest absolute Gasteiger partial charge is 0.297 e. The Morgan fingerprint density at radius 2 is 1.45 bits per heavy atom. The molecule has 0 bridgehead atoms. The number of nitrogens with one attached hydrogen (secondary N) is 1.